The lowest BCUT2D eigenvalue weighted by Crippen LogP contribution is -2.25. The van der Waals surface area contributed by atoms with Gasteiger partial charge in [-0.3, -0.25) is 28.3 Å². The Kier molecular flexibility index (Phi) is 5.52. The summed E-state index contributed by atoms with van der Waals surface area (Å²) in [5, 5.41) is 5.02. The summed E-state index contributed by atoms with van der Waals surface area (Å²) in [7, 11) is 0. The van der Waals surface area contributed by atoms with E-state index in [1.165, 1.54) is 9.13 Å². The van der Waals surface area contributed by atoms with Crippen LogP contribution in [0.5, 0.6) is 0 Å². The first-order valence-electron chi connectivity index (χ1n) is 11.9. The molecule has 5 aromatic rings. The molecule has 172 valence electrons. The molecule has 0 aliphatic carbocycles. The smallest absolute Gasteiger partial charge is 0.261 e. The lowest BCUT2D eigenvalue weighted by molar-refractivity contribution is 0.609. The van der Waals surface area contributed by atoms with Gasteiger partial charge in [-0.25, -0.2) is 0 Å². The Morgan fingerprint density at radius 3 is 1.00 bits per heavy atom. The highest BCUT2D eigenvalue weighted by atomic mass is 16.2. The van der Waals surface area contributed by atoms with Gasteiger partial charge in [-0.15, -0.1) is 0 Å². The van der Waals surface area contributed by atoms with Gasteiger partial charge in [-0.1, -0.05) is 51.0 Å². The molecule has 0 N–H and O–H groups in total. The number of nitrogens with zero attached hydrogens (tertiary/aromatic N) is 2. The lowest BCUT2D eigenvalue weighted by Gasteiger charge is -1.99. The maximum absolute atomic E-state index is 12.8. The zero-order chi connectivity index (χ0) is 24.0. The van der Waals surface area contributed by atoms with Crippen LogP contribution in [0.2, 0.25) is 0 Å². The second kappa shape index (κ2) is 8.52. The second-order valence-electron chi connectivity index (χ2n) is 8.95. The highest BCUT2D eigenvalue weighted by Crippen LogP contribution is 2.23. The van der Waals surface area contributed by atoms with E-state index in [4.69, 9.17) is 0 Å². The van der Waals surface area contributed by atoms with Crippen LogP contribution in [0.1, 0.15) is 39.5 Å². The quantitative estimate of drug-likeness (QED) is 0.381. The van der Waals surface area contributed by atoms with Crippen LogP contribution in [0.4, 0.5) is 0 Å². The first-order valence-corrected chi connectivity index (χ1v) is 11.9. The molecule has 0 aliphatic rings. The summed E-state index contributed by atoms with van der Waals surface area (Å²) in [6.45, 7) is 4.90. The van der Waals surface area contributed by atoms with Crippen LogP contribution in [-0.2, 0) is 13.1 Å². The van der Waals surface area contributed by atoms with E-state index in [1.54, 1.807) is 24.3 Å². The summed E-state index contributed by atoms with van der Waals surface area (Å²) < 4.78 is 2.66. The summed E-state index contributed by atoms with van der Waals surface area (Å²) in [6, 6.07) is 14.7. The van der Waals surface area contributed by atoms with Crippen LogP contribution in [0.25, 0.3) is 43.1 Å². The summed E-state index contributed by atoms with van der Waals surface area (Å²) in [5.74, 6) is 0. The van der Waals surface area contributed by atoms with Gasteiger partial charge in [0.25, 0.3) is 22.2 Å². The van der Waals surface area contributed by atoms with Crippen molar-refractivity contribution in [3.05, 3.63) is 89.9 Å². The van der Waals surface area contributed by atoms with Gasteiger partial charge in [0.05, 0.1) is 21.5 Å². The summed E-state index contributed by atoms with van der Waals surface area (Å²) >= 11 is 0. The molecule has 2 aromatic heterocycles. The molecule has 0 saturated carbocycles. The van der Waals surface area contributed by atoms with Crippen molar-refractivity contribution >= 4 is 43.1 Å². The van der Waals surface area contributed by atoms with Gasteiger partial charge in [0.1, 0.15) is 0 Å². The van der Waals surface area contributed by atoms with E-state index in [0.29, 0.717) is 34.6 Å². The van der Waals surface area contributed by atoms with E-state index in [0.717, 1.165) is 47.2 Å². The van der Waals surface area contributed by atoms with Gasteiger partial charge in [-0.2, -0.15) is 0 Å². The Morgan fingerprint density at radius 1 is 0.500 bits per heavy atom. The number of benzene rings is 2. The van der Waals surface area contributed by atoms with E-state index < -0.39 is 0 Å². The zero-order valence-corrected chi connectivity index (χ0v) is 19.4. The monoisotopic (exact) mass is 454 g/mol. The fourth-order valence-electron chi connectivity index (χ4n) is 4.72. The number of hydrogen-bond acceptors (Lipinski definition) is 4. The number of aromatic nitrogens is 2. The van der Waals surface area contributed by atoms with Gasteiger partial charge in [0, 0.05) is 13.1 Å². The minimum Gasteiger partial charge on any atom is -0.274 e. The van der Waals surface area contributed by atoms with E-state index in [-0.39, 0.29) is 22.2 Å². The molecule has 0 radical (unpaired) electrons. The van der Waals surface area contributed by atoms with E-state index in [9.17, 15) is 19.2 Å². The van der Waals surface area contributed by atoms with Gasteiger partial charge in [0.2, 0.25) is 0 Å². The summed E-state index contributed by atoms with van der Waals surface area (Å²) in [4.78, 5) is 51.4. The molecule has 0 bridgehead atoms. The van der Waals surface area contributed by atoms with Crippen LogP contribution < -0.4 is 22.2 Å². The predicted octanol–water partition coefficient (Wildman–Crippen LogP) is 4.38. The minimum absolute atomic E-state index is 0.245. The second-order valence-corrected chi connectivity index (χ2v) is 8.95. The van der Waals surface area contributed by atoms with E-state index in [1.807, 2.05) is 38.1 Å². The number of rotatable bonds is 6. The standard InChI is InChI=1S/C28H26N2O4/c1-3-5-11-29-25(31)21-13-17-7-9-19-15-23-24(28(34)30(27(23)33)12-6-4-2)16-20(19)10-8-18(17)14-22(21)26(29)32/h7-10,13-16H,3-6,11-12H2,1-2H3. The van der Waals surface area contributed by atoms with Crippen molar-refractivity contribution in [3.63, 3.8) is 0 Å². The molecule has 0 spiro atoms. The lowest BCUT2D eigenvalue weighted by atomic mass is 10.0. The van der Waals surface area contributed by atoms with Gasteiger partial charge >= 0.3 is 0 Å². The Labute approximate surface area is 195 Å². The largest absolute Gasteiger partial charge is 0.274 e. The molecule has 0 aliphatic heterocycles. The van der Waals surface area contributed by atoms with Gasteiger partial charge < -0.3 is 0 Å². The molecule has 0 fully saturated rings. The fraction of sp³-hybridized carbons (Fsp3) is 0.286. The molecule has 0 saturated heterocycles. The molecule has 2 heterocycles. The first-order chi connectivity index (χ1) is 16.4. The van der Waals surface area contributed by atoms with Crippen molar-refractivity contribution < 1.29 is 0 Å². The molecule has 6 heteroatoms. The van der Waals surface area contributed by atoms with Crippen molar-refractivity contribution in [2.45, 2.75) is 52.6 Å². The fourth-order valence-corrected chi connectivity index (χ4v) is 4.72. The van der Waals surface area contributed by atoms with Gasteiger partial charge in [0.15, 0.2) is 0 Å². The highest BCUT2D eigenvalue weighted by Gasteiger charge is 2.15. The molecule has 34 heavy (non-hydrogen) atoms. The van der Waals surface area contributed by atoms with E-state index >= 15 is 0 Å². The third-order valence-electron chi connectivity index (χ3n) is 6.70. The molecule has 3 aromatic carbocycles. The van der Waals surface area contributed by atoms with Crippen LogP contribution >= 0.6 is 0 Å². The number of hydrogen-bond donors (Lipinski definition) is 0. The van der Waals surface area contributed by atoms with Crippen molar-refractivity contribution in [2.75, 3.05) is 0 Å². The van der Waals surface area contributed by atoms with Crippen molar-refractivity contribution in [1.82, 2.24) is 9.13 Å². The van der Waals surface area contributed by atoms with Crippen LogP contribution in [0.15, 0.2) is 67.7 Å². The third-order valence-corrected chi connectivity index (χ3v) is 6.70. The Morgan fingerprint density at radius 2 is 0.765 bits per heavy atom. The third kappa shape index (κ3) is 3.41. The Hall–Kier alpha value is -3.80. The maximum atomic E-state index is 12.8. The Balaban J connectivity index is 1.75. The minimum atomic E-state index is -0.245. The SMILES string of the molecule is CCCCn1c(=O)c2cc3ccc4cc5c(=O)n(CCCC)c(=O)c5cc4ccc3cc2c1=O. The normalized spacial score (nSPS) is 11.8. The van der Waals surface area contributed by atoms with Crippen LogP contribution in [0.3, 0.4) is 0 Å². The van der Waals surface area contributed by atoms with E-state index in [2.05, 4.69) is 0 Å². The number of fused-ring (bicyclic) bond motifs is 4. The molecule has 0 amide bonds. The predicted molar refractivity (Wildman–Crippen MR) is 139 cm³/mol. The molecule has 0 unspecified atom stereocenters. The molecular weight excluding hydrogens is 428 g/mol. The molecule has 5 rings (SSSR count). The first kappa shape index (κ1) is 22.0. The van der Waals surface area contributed by atoms with Crippen LogP contribution in [-0.4, -0.2) is 9.13 Å². The molecule has 0 atom stereocenters. The highest BCUT2D eigenvalue weighted by molar-refractivity contribution is 6.01. The van der Waals surface area contributed by atoms with Crippen molar-refractivity contribution in [3.8, 4) is 0 Å². The number of unbranched alkanes of at least 4 members (excludes halogenated alkanes) is 2. The zero-order valence-electron chi connectivity index (χ0n) is 19.4. The molecule has 6 nitrogen and oxygen atoms in total. The average molecular weight is 455 g/mol. The van der Waals surface area contributed by atoms with Crippen molar-refractivity contribution in [1.29, 1.82) is 0 Å². The van der Waals surface area contributed by atoms with Crippen molar-refractivity contribution in [2.24, 2.45) is 0 Å². The molecular formula is C28H26N2O4. The van der Waals surface area contributed by atoms with Crippen LogP contribution in [0, 0.1) is 0 Å². The summed E-state index contributed by atoms with van der Waals surface area (Å²) in [5.41, 5.74) is -0.981. The maximum Gasteiger partial charge on any atom is 0.261 e. The topological polar surface area (TPSA) is 78.1 Å². The Bertz CT molecular complexity index is 1560. The summed E-state index contributed by atoms with van der Waals surface area (Å²) in [6.07, 6.45) is 3.36. The average Bonchev–Trinajstić information content (AvgIpc) is 3.20. The van der Waals surface area contributed by atoms with Gasteiger partial charge in [-0.05, 0) is 58.7 Å².